The largest absolute Gasteiger partial charge is 0.385 e. The molecule has 4 nitrogen and oxygen atoms in total. The van der Waals surface area contributed by atoms with Crippen molar-refractivity contribution in [1.82, 2.24) is 10.3 Å². The van der Waals surface area contributed by atoms with Crippen LogP contribution in [-0.2, 0) is 16.9 Å². The third-order valence-corrected chi connectivity index (χ3v) is 4.34. The van der Waals surface area contributed by atoms with E-state index in [9.17, 15) is 9.90 Å². The summed E-state index contributed by atoms with van der Waals surface area (Å²) in [4.78, 5) is 16.3. The van der Waals surface area contributed by atoms with Gasteiger partial charge in [0.1, 0.15) is 0 Å². The Morgan fingerprint density at radius 1 is 1.00 bits per heavy atom. The van der Waals surface area contributed by atoms with Crippen molar-refractivity contribution >= 4 is 5.91 Å². The highest BCUT2D eigenvalue weighted by molar-refractivity contribution is 5.77. The van der Waals surface area contributed by atoms with Crippen molar-refractivity contribution in [3.63, 3.8) is 0 Å². The van der Waals surface area contributed by atoms with Gasteiger partial charge in [0.2, 0.25) is 5.91 Å². The van der Waals surface area contributed by atoms with Crippen LogP contribution < -0.4 is 5.32 Å². The monoisotopic (exact) mass is 346 g/mol. The van der Waals surface area contributed by atoms with Crippen LogP contribution in [0.1, 0.15) is 24.5 Å². The number of carbonyl (C=O) groups excluding carboxylic acids is 1. The molecule has 1 amide bonds. The van der Waals surface area contributed by atoms with E-state index in [4.69, 9.17) is 0 Å². The number of aliphatic hydroxyl groups is 1. The Morgan fingerprint density at radius 3 is 2.38 bits per heavy atom. The molecule has 0 aliphatic carbocycles. The SMILES string of the molecule is C[C@@](O)(CC(=O)NCc1ccc(-c2cccnc2)cc1)c1ccccc1. The third-order valence-electron chi connectivity index (χ3n) is 4.34. The molecule has 0 spiro atoms. The molecule has 2 aromatic carbocycles. The Balaban J connectivity index is 1.56. The highest BCUT2D eigenvalue weighted by atomic mass is 16.3. The first-order valence-electron chi connectivity index (χ1n) is 8.58. The predicted molar refractivity (Wildman–Crippen MR) is 102 cm³/mol. The number of carbonyl (C=O) groups is 1. The van der Waals surface area contributed by atoms with E-state index in [1.807, 2.05) is 72.9 Å². The van der Waals surface area contributed by atoms with Crippen molar-refractivity contribution in [3.8, 4) is 11.1 Å². The van der Waals surface area contributed by atoms with Crippen LogP contribution in [0.15, 0.2) is 79.1 Å². The highest BCUT2D eigenvalue weighted by Gasteiger charge is 2.26. The number of pyridine rings is 1. The van der Waals surface area contributed by atoms with Gasteiger partial charge in [-0.3, -0.25) is 9.78 Å². The summed E-state index contributed by atoms with van der Waals surface area (Å²) in [5, 5.41) is 13.4. The van der Waals surface area contributed by atoms with E-state index in [-0.39, 0.29) is 12.3 Å². The first-order chi connectivity index (χ1) is 12.5. The number of amides is 1. The molecule has 1 atom stereocenters. The Kier molecular flexibility index (Phi) is 5.44. The molecule has 26 heavy (non-hydrogen) atoms. The summed E-state index contributed by atoms with van der Waals surface area (Å²) in [6.07, 6.45) is 3.59. The molecule has 0 aliphatic rings. The van der Waals surface area contributed by atoms with Gasteiger partial charge in [0.05, 0.1) is 12.0 Å². The minimum atomic E-state index is -1.19. The zero-order chi connectivity index (χ0) is 18.4. The standard InChI is InChI=1S/C22H22N2O2/c1-22(26,20-7-3-2-4-8-20)14-21(25)24-15-17-9-11-18(12-10-17)19-6-5-13-23-16-19/h2-13,16,26H,14-15H2,1H3,(H,24,25)/t22-/m1/s1. The number of hydrogen-bond acceptors (Lipinski definition) is 3. The van der Waals surface area contributed by atoms with E-state index in [0.29, 0.717) is 6.54 Å². The fourth-order valence-corrected chi connectivity index (χ4v) is 2.82. The third kappa shape index (κ3) is 4.55. The van der Waals surface area contributed by atoms with Crippen molar-refractivity contribution in [2.75, 3.05) is 0 Å². The number of nitrogens with one attached hydrogen (secondary N) is 1. The number of rotatable bonds is 6. The summed E-state index contributed by atoms with van der Waals surface area (Å²) in [6.45, 7) is 2.08. The van der Waals surface area contributed by atoms with Gasteiger partial charge in [-0.05, 0) is 35.2 Å². The summed E-state index contributed by atoms with van der Waals surface area (Å²) in [7, 11) is 0. The topological polar surface area (TPSA) is 62.2 Å². The van der Waals surface area contributed by atoms with Gasteiger partial charge in [-0.15, -0.1) is 0 Å². The lowest BCUT2D eigenvalue weighted by Crippen LogP contribution is -2.32. The molecule has 1 heterocycles. The Morgan fingerprint density at radius 2 is 1.73 bits per heavy atom. The predicted octanol–water partition coefficient (Wildman–Crippen LogP) is 3.66. The van der Waals surface area contributed by atoms with Gasteiger partial charge < -0.3 is 10.4 Å². The molecule has 3 aromatic rings. The molecular weight excluding hydrogens is 324 g/mol. The Hall–Kier alpha value is -2.98. The second-order valence-electron chi connectivity index (χ2n) is 6.53. The van der Waals surface area contributed by atoms with Crippen LogP contribution in [0, 0.1) is 0 Å². The van der Waals surface area contributed by atoms with E-state index in [1.165, 1.54) is 0 Å². The van der Waals surface area contributed by atoms with Gasteiger partial charge in [-0.2, -0.15) is 0 Å². The lowest BCUT2D eigenvalue weighted by molar-refractivity contribution is -0.126. The van der Waals surface area contributed by atoms with Crippen LogP contribution in [0.5, 0.6) is 0 Å². The number of hydrogen-bond donors (Lipinski definition) is 2. The van der Waals surface area contributed by atoms with E-state index >= 15 is 0 Å². The van der Waals surface area contributed by atoms with Gasteiger partial charge in [0.25, 0.3) is 0 Å². The normalized spacial score (nSPS) is 13.0. The molecule has 0 saturated heterocycles. The summed E-state index contributed by atoms with van der Waals surface area (Å²) in [5.74, 6) is -0.185. The average molecular weight is 346 g/mol. The molecule has 0 aliphatic heterocycles. The Labute approximate surface area is 153 Å². The van der Waals surface area contributed by atoms with E-state index in [1.54, 1.807) is 13.1 Å². The van der Waals surface area contributed by atoms with Crippen molar-refractivity contribution in [2.45, 2.75) is 25.5 Å². The molecule has 0 unspecified atom stereocenters. The molecular formula is C22H22N2O2. The number of aromatic nitrogens is 1. The van der Waals surface area contributed by atoms with Crippen LogP contribution in [0.3, 0.4) is 0 Å². The van der Waals surface area contributed by atoms with Crippen molar-refractivity contribution < 1.29 is 9.90 Å². The molecule has 4 heteroatoms. The van der Waals surface area contributed by atoms with Crippen molar-refractivity contribution in [1.29, 1.82) is 0 Å². The first-order valence-corrected chi connectivity index (χ1v) is 8.58. The van der Waals surface area contributed by atoms with E-state index < -0.39 is 5.60 Å². The first kappa shape index (κ1) is 17.8. The second-order valence-corrected chi connectivity index (χ2v) is 6.53. The number of nitrogens with zero attached hydrogens (tertiary/aromatic N) is 1. The lowest BCUT2D eigenvalue weighted by Gasteiger charge is -2.23. The van der Waals surface area contributed by atoms with Crippen LogP contribution >= 0.6 is 0 Å². The fourth-order valence-electron chi connectivity index (χ4n) is 2.82. The molecule has 1 aromatic heterocycles. The van der Waals surface area contributed by atoms with Crippen molar-refractivity contribution in [3.05, 3.63) is 90.3 Å². The lowest BCUT2D eigenvalue weighted by atomic mass is 9.92. The average Bonchev–Trinajstić information content (AvgIpc) is 2.68. The molecule has 0 saturated carbocycles. The summed E-state index contributed by atoms with van der Waals surface area (Å²) in [6, 6.07) is 21.1. The quantitative estimate of drug-likeness (QED) is 0.716. The van der Waals surface area contributed by atoms with Crippen LogP contribution in [0.25, 0.3) is 11.1 Å². The van der Waals surface area contributed by atoms with Crippen LogP contribution in [0.4, 0.5) is 0 Å². The van der Waals surface area contributed by atoms with E-state index in [2.05, 4.69) is 10.3 Å². The molecule has 0 bridgehead atoms. The van der Waals surface area contributed by atoms with E-state index in [0.717, 1.165) is 22.3 Å². The van der Waals surface area contributed by atoms with Crippen LogP contribution in [-0.4, -0.2) is 16.0 Å². The summed E-state index contributed by atoms with van der Waals surface area (Å²) >= 11 is 0. The van der Waals surface area contributed by atoms with Gasteiger partial charge in [0, 0.05) is 18.9 Å². The molecule has 3 rings (SSSR count). The summed E-state index contributed by atoms with van der Waals surface area (Å²) in [5.41, 5.74) is 2.69. The minimum absolute atomic E-state index is 0.0186. The van der Waals surface area contributed by atoms with Gasteiger partial charge >= 0.3 is 0 Å². The van der Waals surface area contributed by atoms with Gasteiger partial charge in [0.15, 0.2) is 0 Å². The van der Waals surface area contributed by atoms with Crippen LogP contribution in [0.2, 0.25) is 0 Å². The van der Waals surface area contributed by atoms with Gasteiger partial charge in [-0.1, -0.05) is 60.7 Å². The molecule has 0 fully saturated rings. The zero-order valence-electron chi connectivity index (χ0n) is 14.7. The maximum Gasteiger partial charge on any atom is 0.223 e. The highest BCUT2D eigenvalue weighted by Crippen LogP contribution is 2.24. The maximum absolute atomic E-state index is 12.2. The Bertz CT molecular complexity index is 844. The molecule has 0 radical (unpaired) electrons. The molecule has 2 N–H and O–H groups in total. The van der Waals surface area contributed by atoms with Crippen molar-refractivity contribution in [2.24, 2.45) is 0 Å². The minimum Gasteiger partial charge on any atom is -0.385 e. The molecule has 132 valence electrons. The smallest absolute Gasteiger partial charge is 0.223 e. The number of benzene rings is 2. The second kappa shape index (κ2) is 7.93. The summed E-state index contributed by atoms with van der Waals surface area (Å²) < 4.78 is 0. The fraction of sp³-hybridized carbons (Fsp3) is 0.182. The van der Waals surface area contributed by atoms with Gasteiger partial charge in [-0.25, -0.2) is 0 Å². The zero-order valence-corrected chi connectivity index (χ0v) is 14.7. The maximum atomic E-state index is 12.2.